The highest BCUT2D eigenvalue weighted by atomic mass is 35.5. The Labute approximate surface area is 130 Å². The van der Waals surface area contributed by atoms with Gasteiger partial charge in [-0.2, -0.15) is 0 Å². The van der Waals surface area contributed by atoms with Gasteiger partial charge in [0.05, 0.1) is 17.3 Å². The number of thiazole rings is 1. The van der Waals surface area contributed by atoms with Crippen molar-refractivity contribution in [2.45, 2.75) is 13.8 Å². The molecule has 0 unspecified atom stereocenters. The lowest BCUT2D eigenvalue weighted by Gasteiger charge is -2.08. The van der Waals surface area contributed by atoms with Gasteiger partial charge in [-0.15, -0.1) is 11.3 Å². The van der Waals surface area contributed by atoms with Gasteiger partial charge in [0.1, 0.15) is 5.69 Å². The average molecular weight is 325 g/mol. The van der Waals surface area contributed by atoms with Gasteiger partial charge in [-0.1, -0.05) is 23.7 Å². The highest BCUT2D eigenvalue weighted by Crippen LogP contribution is 2.26. The van der Waals surface area contributed by atoms with Crippen LogP contribution in [0.3, 0.4) is 0 Å². The summed E-state index contributed by atoms with van der Waals surface area (Å²) < 4.78 is 4.83. The van der Waals surface area contributed by atoms with E-state index in [1.807, 2.05) is 13.0 Å². The number of carbonyl (C=O) groups is 2. The molecule has 0 atom stereocenters. The molecule has 2 rings (SSSR count). The van der Waals surface area contributed by atoms with E-state index in [1.165, 1.54) is 5.38 Å². The average Bonchev–Trinajstić information content (AvgIpc) is 2.93. The van der Waals surface area contributed by atoms with Crippen LogP contribution in [0.25, 0.3) is 0 Å². The third-order valence-electron chi connectivity index (χ3n) is 2.65. The van der Waals surface area contributed by atoms with E-state index in [0.717, 1.165) is 16.9 Å². The van der Waals surface area contributed by atoms with Crippen LogP contribution in [0.1, 0.15) is 32.8 Å². The second-order valence-corrected chi connectivity index (χ2v) is 5.41. The number of esters is 1. The van der Waals surface area contributed by atoms with Crippen molar-refractivity contribution in [3.63, 3.8) is 0 Å². The smallest absolute Gasteiger partial charge is 0.367 e. The summed E-state index contributed by atoms with van der Waals surface area (Å²) in [6.07, 6.45) is 0. The second-order valence-electron chi connectivity index (χ2n) is 4.14. The second kappa shape index (κ2) is 6.69. The molecule has 0 radical (unpaired) electrons. The summed E-state index contributed by atoms with van der Waals surface area (Å²) in [6, 6.07) is 5.33. The van der Waals surface area contributed by atoms with E-state index in [-0.39, 0.29) is 17.3 Å². The topological polar surface area (TPSA) is 68.3 Å². The minimum absolute atomic E-state index is 0.151. The third kappa shape index (κ3) is 3.59. The summed E-state index contributed by atoms with van der Waals surface area (Å²) in [5, 5.41) is 4.81. The number of aromatic nitrogens is 1. The van der Waals surface area contributed by atoms with Gasteiger partial charge in [0.25, 0.3) is 5.91 Å². The quantitative estimate of drug-likeness (QED) is 0.873. The number of anilines is 1. The van der Waals surface area contributed by atoms with Crippen molar-refractivity contribution >= 4 is 40.5 Å². The van der Waals surface area contributed by atoms with Crippen LogP contribution in [0.15, 0.2) is 23.6 Å². The fraction of sp³-hybridized carbons (Fsp3) is 0.214. The minimum atomic E-state index is -0.532. The number of nitrogens with one attached hydrogen (secondary N) is 1. The Balaban J connectivity index is 2.16. The Hall–Kier alpha value is -1.92. The molecule has 0 aliphatic carbocycles. The zero-order valence-electron chi connectivity index (χ0n) is 11.5. The van der Waals surface area contributed by atoms with Crippen molar-refractivity contribution in [3.05, 3.63) is 44.9 Å². The lowest BCUT2D eigenvalue weighted by Crippen LogP contribution is -2.14. The molecule has 1 N–H and O–H groups in total. The van der Waals surface area contributed by atoms with Gasteiger partial charge >= 0.3 is 5.97 Å². The van der Waals surface area contributed by atoms with Crippen molar-refractivity contribution in [3.8, 4) is 0 Å². The molecule has 1 aromatic carbocycles. The maximum absolute atomic E-state index is 12.1. The predicted octanol–water partition coefficient (Wildman–Crippen LogP) is 3.53. The third-order valence-corrected chi connectivity index (χ3v) is 3.78. The van der Waals surface area contributed by atoms with Crippen molar-refractivity contribution in [1.82, 2.24) is 4.98 Å². The molecule has 0 aliphatic heterocycles. The molecule has 0 bridgehead atoms. The zero-order valence-corrected chi connectivity index (χ0v) is 13.0. The maximum Gasteiger partial charge on any atom is 0.367 e. The minimum Gasteiger partial charge on any atom is -0.461 e. The normalized spacial score (nSPS) is 10.2. The summed E-state index contributed by atoms with van der Waals surface area (Å²) in [6.45, 7) is 3.81. The van der Waals surface area contributed by atoms with Crippen LogP contribution in [0.2, 0.25) is 5.02 Å². The SMILES string of the molecule is CCOC(=O)c1nc(C(=O)Nc2c(C)cccc2Cl)cs1. The van der Waals surface area contributed by atoms with Crippen LogP contribution in [0, 0.1) is 6.92 Å². The number of hydrogen-bond donors (Lipinski definition) is 1. The zero-order chi connectivity index (χ0) is 15.4. The largest absolute Gasteiger partial charge is 0.461 e. The number of benzene rings is 1. The number of para-hydroxylation sites is 1. The number of nitrogens with zero attached hydrogens (tertiary/aromatic N) is 1. The first-order valence-electron chi connectivity index (χ1n) is 6.22. The molecule has 2 aromatic rings. The Morgan fingerprint density at radius 2 is 2.19 bits per heavy atom. The van der Waals surface area contributed by atoms with E-state index in [1.54, 1.807) is 19.1 Å². The molecule has 1 heterocycles. The summed E-state index contributed by atoms with van der Waals surface area (Å²) in [7, 11) is 0. The summed E-state index contributed by atoms with van der Waals surface area (Å²) in [5.41, 5.74) is 1.54. The van der Waals surface area contributed by atoms with Crippen LogP contribution in [-0.4, -0.2) is 23.5 Å². The van der Waals surface area contributed by atoms with Gasteiger partial charge in [-0.25, -0.2) is 9.78 Å². The number of carbonyl (C=O) groups excluding carboxylic acids is 2. The Morgan fingerprint density at radius 3 is 2.86 bits per heavy atom. The molecule has 0 saturated carbocycles. The first kappa shape index (κ1) is 15.5. The van der Waals surface area contributed by atoms with Gasteiger partial charge in [-0.05, 0) is 25.5 Å². The number of aryl methyl sites for hydroxylation is 1. The van der Waals surface area contributed by atoms with E-state index in [9.17, 15) is 9.59 Å². The maximum atomic E-state index is 12.1. The number of rotatable bonds is 4. The fourth-order valence-electron chi connectivity index (χ4n) is 1.63. The van der Waals surface area contributed by atoms with Gasteiger partial charge in [0.2, 0.25) is 5.01 Å². The first-order valence-corrected chi connectivity index (χ1v) is 7.47. The van der Waals surface area contributed by atoms with Crippen LogP contribution in [0.4, 0.5) is 5.69 Å². The number of amides is 1. The monoisotopic (exact) mass is 324 g/mol. The highest BCUT2D eigenvalue weighted by molar-refractivity contribution is 7.11. The molecular formula is C14H13ClN2O3S. The standard InChI is InChI=1S/C14H13ClN2O3S/c1-3-20-14(19)13-16-10(7-21-13)12(18)17-11-8(2)5-4-6-9(11)15/h4-7H,3H2,1-2H3,(H,17,18). The van der Waals surface area contributed by atoms with Gasteiger partial charge in [0, 0.05) is 5.38 Å². The summed E-state index contributed by atoms with van der Waals surface area (Å²) in [4.78, 5) is 27.6. The van der Waals surface area contributed by atoms with E-state index in [2.05, 4.69) is 10.3 Å². The van der Waals surface area contributed by atoms with Crippen LogP contribution in [-0.2, 0) is 4.74 Å². The van der Waals surface area contributed by atoms with E-state index < -0.39 is 11.9 Å². The molecule has 0 spiro atoms. The Kier molecular flexibility index (Phi) is 4.93. The van der Waals surface area contributed by atoms with E-state index >= 15 is 0 Å². The molecule has 21 heavy (non-hydrogen) atoms. The molecule has 0 saturated heterocycles. The number of halogens is 1. The lowest BCUT2D eigenvalue weighted by atomic mass is 10.2. The van der Waals surface area contributed by atoms with Gasteiger partial charge < -0.3 is 10.1 Å². The highest BCUT2D eigenvalue weighted by Gasteiger charge is 2.17. The van der Waals surface area contributed by atoms with E-state index in [4.69, 9.17) is 16.3 Å². The van der Waals surface area contributed by atoms with Crippen LogP contribution >= 0.6 is 22.9 Å². The molecule has 7 heteroatoms. The molecule has 5 nitrogen and oxygen atoms in total. The Morgan fingerprint density at radius 1 is 1.43 bits per heavy atom. The number of hydrogen-bond acceptors (Lipinski definition) is 5. The molecular weight excluding hydrogens is 312 g/mol. The van der Waals surface area contributed by atoms with Crippen LogP contribution in [0.5, 0.6) is 0 Å². The summed E-state index contributed by atoms with van der Waals surface area (Å²) >= 11 is 7.12. The molecule has 0 fully saturated rings. The summed E-state index contributed by atoms with van der Waals surface area (Å²) in [5.74, 6) is -0.950. The van der Waals surface area contributed by atoms with Crippen molar-refractivity contribution in [1.29, 1.82) is 0 Å². The Bertz CT molecular complexity index is 664. The molecule has 110 valence electrons. The lowest BCUT2D eigenvalue weighted by molar-refractivity contribution is 0.0526. The van der Waals surface area contributed by atoms with Crippen molar-refractivity contribution in [2.75, 3.05) is 11.9 Å². The van der Waals surface area contributed by atoms with Gasteiger partial charge in [0.15, 0.2) is 0 Å². The number of ether oxygens (including phenoxy) is 1. The van der Waals surface area contributed by atoms with E-state index in [0.29, 0.717) is 10.7 Å². The molecule has 1 amide bonds. The fourth-order valence-corrected chi connectivity index (χ4v) is 2.59. The predicted molar refractivity (Wildman–Crippen MR) is 82.2 cm³/mol. The molecule has 1 aromatic heterocycles. The van der Waals surface area contributed by atoms with Gasteiger partial charge in [-0.3, -0.25) is 4.79 Å². The molecule has 0 aliphatic rings. The first-order chi connectivity index (χ1) is 10.0. The van der Waals surface area contributed by atoms with Crippen LogP contribution < -0.4 is 5.32 Å². The van der Waals surface area contributed by atoms with Crippen molar-refractivity contribution < 1.29 is 14.3 Å². The van der Waals surface area contributed by atoms with Crippen molar-refractivity contribution in [2.24, 2.45) is 0 Å².